The molecule has 1 N–H and O–H groups in total. The van der Waals surface area contributed by atoms with Crippen LogP contribution in [-0.2, 0) is 19.2 Å². The van der Waals surface area contributed by atoms with E-state index in [1.54, 1.807) is 11.8 Å². The van der Waals surface area contributed by atoms with Gasteiger partial charge in [-0.05, 0) is 37.6 Å². The first-order valence-electron chi connectivity index (χ1n) is 7.30. The Hall–Kier alpha value is -1.68. The standard InChI is InChI=1S/C13H20N2O7S/c1-9(8-14-6-2-4-10(14)12(17)18)13(19)23-11(16)5-3-7-22-15(20)21/h9-10H,2-8H2,1H3,(H,17,18)/t9-,10-/m0/s1. The molecule has 0 unspecified atom stereocenters. The highest BCUT2D eigenvalue weighted by atomic mass is 32.2. The second-order valence-electron chi connectivity index (χ2n) is 5.35. The maximum absolute atomic E-state index is 12.0. The second kappa shape index (κ2) is 9.46. The number of carbonyl (C=O) groups excluding carboxylic acids is 2. The molecule has 2 atom stereocenters. The number of rotatable bonds is 9. The first kappa shape index (κ1) is 19.4. The molecule has 1 rings (SSSR count). The quantitative estimate of drug-likeness (QED) is 0.368. The van der Waals surface area contributed by atoms with Gasteiger partial charge in [-0.25, -0.2) is 0 Å². The third-order valence-electron chi connectivity index (χ3n) is 3.50. The van der Waals surface area contributed by atoms with E-state index in [4.69, 9.17) is 5.11 Å². The van der Waals surface area contributed by atoms with Gasteiger partial charge in [0.25, 0.3) is 5.09 Å². The molecule has 1 aliphatic heterocycles. The molecule has 10 heteroatoms. The van der Waals surface area contributed by atoms with Crippen molar-refractivity contribution in [2.75, 3.05) is 19.7 Å². The van der Waals surface area contributed by atoms with Crippen molar-refractivity contribution in [2.24, 2.45) is 5.92 Å². The molecule has 9 nitrogen and oxygen atoms in total. The van der Waals surface area contributed by atoms with Crippen LogP contribution in [-0.4, -0.2) is 57.0 Å². The number of carbonyl (C=O) groups is 3. The van der Waals surface area contributed by atoms with Gasteiger partial charge in [0.1, 0.15) is 6.04 Å². The number of nitrogens with zero attached hydrogens (tertiary/aromatic N) is 2. The van der Waals surface area contributed by atoms with Crippen LogP contribution in [0.25, 0.3) is 0 Å². The Labute approximate surface area is 137 Å². The average molecular weight is 348 g/mol. The van der Waals surface area contributed by atoms with E-state index in [0.29, 0.717) is 31.3 Å². The van der Waals surface area contributed by atoms with Crippen molar-refractivity contribution in [3.05, 3.63) is 10.1 Å². The molecule has 0 saturated carbocycles. The maximum Gasteiger partial charge on any atom is 0.320 e. The lowest BCUT2D eigenvalue weighted by molar-refractivity contribution is -0.757. The maximum atomic E-state index is 12.0. The normalized spacial score (nSPS) is 19.3. The predicted molar refractivity (Wildman–Crippen MR) is 81.2 cm³/mol. The molecule has 1 saturated heterocycles. The summed E-state index contributed by atoms with van der Waals surface area (Å²) in [5.74, 6) is -1.35. The first-order chi connectivity index (χ1) is 10.8. The molecule has 0 bridgehead atoms. The Morgan fingerprint density at radius 1 is 1.48 bits per heavy atom. The molecule has 1 aliphatic rings. The molecule has 0 spiro atoms. The Bertz CT molecular complexity index is 471. The summed E-state index contributed by atoms with van der Waals surface area (Å²) in [6.45, 7) is 2.42. The average Bonchev–Trinajstić information content (AvgIpc) is 2.91. The molecule has 0 amide bonds. The van der Waals surface area contributed by atoms with Gasteiger partial charge in [0, 0.05) is 18.9 Å². The van der Waals surface area contributed by atoms with Gasteiger partial charge < -0.3 is 9.94 Å². The van der Waals surface area contributed by atoms with E-state index in [1.807, 2.05) is 0 Å². The van der Waals surface area contributed by atoms with Crippen LogP contribution in [0.2, 0.25) is 0 Å². The summed E-state index contributed by atoms with van der Waals surface area (Å²) in [5.41, 5.74) is 0. The number of hydrogen-bond acceptors (Lipinski definition) is 8. The summed E-state index contributed by atoms with van der Waals surface area (Å²) in [5, 5.41) is 17.4. The Morgan fingerprint density at radius 3 is 2.78 bits per heavy atom. The van der Waals surface area contributed by atoms with Gasteiger partial charge >= 0.3 is 5.97 Å². The zero-order valence-corrected chi connectivity index (χ0v) is 13.6. The SMILES string of the molecule is C[C@@H](CN1CCC[C@H]1C(=O)O)C(=O)SC(=O)CCCO[N+](=O)[O-]. The van der Waals surface area contributed by atoms with Gasteiger partial charge in [0.05, 0.1) is 6.61 Å². The molecule has 0 aromatic carbocycles. The molecular formula is C13H20N2O7S. The van der Waals surface area contributed by atoms with Crippen LogP contribution in [0.5, 0.6) is 0 Å². The zero-order chi connectivity index (χ0) is 17.4. The van der Waals surface area contributed by atoms with Gasteiger partial charge in [-0.15, -0.1) is 10.1 Å². The Kier molecular flexibility index (Phi) is 7.96. The van der Waals surface area contributed by atoms with Crippen LogP contribution >= 0.6 is 11.8 Å². The molecule has 0 aromatic rings. The molecule has 130 valence electrons. The van der Waals surface area contributed by atoms with E-state index in [1.165, 1.54) is 0 Å². The van der Waals surface area contributed by atoms with Crippen molar-refractivity contribution in [2.45, 2.75) is 38.6 Å². The number of likely N-dealkylation sites (tertiary alicyclic amines) is 1. The smallest absolute Gasteiger partial charge is 0.320 e. The molecule has 23 heavy (non-hydrogen) atoms. The van der Waals surface area contributed by atoms with E-state index in [-0.39, 0.29) is 29.7 Å². The molecule has 0 aromatic heterocycles. The van der Waals surface area contributed by atoms with Crippen molar-refractivity contribution < 1.29 is 29.4 Å². The fourth-order valence-corrected chi connectivity index (χ4v) is 3.12. The first-order valence-corrected chi connectivity index (χ1v) is 8.11. The van der Waals surface area contributed by atoms with Crippen molar-refractivity contribution >= 4 is 28.0 Å². The topological polar surface area (TPSA) is 127 Å². The highest BCUT2D eigenvalue weighted by molar-refractivity contribution is 8.26. The van der Waals surface area contributed by atoms with E-state index < -0.39 is 23.0 Å². The summed E-state index contributed by atoms with van der Waals surface area (Å²) < 4.78 is 0. The molecule has 0 radical (unpaired) electrons. The third kappa shape index (κ3) is 6.95. The van der Waals surface area contributed by atoms with Crippen molar-refractivity contribution in [1.82, 2.24) is 4.90 Å². The second-order valence-corrected chi connectivity index (χ2v) is 6.41. The van der Waals surface area contributed by atoms with E-state index in [9.17, 15) is 24.5 Å². The fraction of sp³-hybridized carbons (Fsp3) is 0.769. The highest BCUT2D eigenvalue weighted by Gasteiger charge is 2.32. The summed E-state index contributed by atoms with van der Waals surface area (Å²) >= 11 is 0.582. The minimum atomic E-state index is -0.931. The Balaban J connectivity index is 2.31. The third-order valence-corrected chi connectivity index (χ3v) is 4.53. The molecule has 0 aliphatic carbocycles. The van der Waals surface area contributed by atoms with E-state index in [2.05, 4.69) is 4.84 Å². The van der Waals surface area contributed by atoms with Crippen molar-refractivity contribution in [1.29, 1.82) is 0 Å². The highest BCUT2D eigenvalue weighted by Crippen LogP contribution is 2.22. The van der Waals surface area contributed by atoms with Crippen LogP contribution in [0.3, 0.4) is 0 Å². The van der Waals surface area contributed by atoms with Crippen LogP contribution < -0.4 is 0 Å². The molecular weight excluding hydrogens is 328 g/mol. The van der Waals surface area contributed by atoms with Gasteiger partial charge in [0.2, 0.25) is 5.12 Å². The lowest BCUT2D eigenvalue weighted by Crippen LogP contribution is -2.39. The lowest BCUT2D eigenvalue weighted by Gasteiger charge is -2.23. The zero-order valence-electron chi connectivity index (χ0n) is 12.8. The summed E-state index contributed by atoms with van der Waals surface area (Å²) in [6.07, 6.45) is 1.53. The summed E-state index contributed by atoms with van der Waals surface area (Å²) in [7, 11) is 0. The largest absolute Gasteiger partial charge is 0.480 e. The van der Waals surface area contributed by atoms with Gasteiger partial charge in [-0.1, -0.05) is 6.92 Å². The van der Waals surface area contributed by atoms with Crippen molar-refractivity contribution in [3.63, 3.8) is 0 Å². The van der Waals surface area contributed by atoms with Gasteiger partial charge in [-0.2, -0.15) is 0 Å². The minimum Gasteiger partial charge on any atom is -0.480 e. The van der Waals surface area contributed by atoms with Gasteiger partial charge in [0.15, 0.2) is 5.12 Å². The Morgan fingerprint density at radius 2 is 2.17 bits per heavy atom. The minimum absolute atomic E-state index is 0.0123. The van der Waals surface area contributed by atoms with Crippen LogP contribution in [0, 0.1) is 16.0 Å². The van der Waals surface area contributed by atoms with Crippen LogP contribution in [0.1, 0.15) is 32.6 Å². The van der Waals surface area contributed by atoms with Crippen LogP contribution in [0.4, 0.5) is 0 Å². The number of carboxylic acids is 1. The molecule has 1 heterocycles. The number of aliphatic carboxylic acids is 1. The monoisotopic (exact) mass is 348 g/mol. The number of hydrogen-bond donors (Lipinski definition) is 1. The van der Waals surface area contributed by atoms with Crippen molar-refractivity contribution in [3.8, 4) is 0 Å². The van der Waals surface area contributed by atoms with E-state index >= 15 is 0 Å². The summed E-state index contributed by atoms with van der Waals surface area (Å²) in [6, 6.07) is -0.565. The molecule has 1 fully saturated rings. The summed E-state index contributed by atoms with van der Waals surface area (Å²) in [4.78, 5) is 50.5. The van der Waals surface area contributed by atoms with Gasteiger partial charge in [-0.3, -0.25) is 19.3 Å². The predicted octanol–water partition coefficient (Wildman–Crippen LogP) is 0.946. The van der Waals surface area contributed by atoms with Crippen LogP contribution in [0.15, 0.2) is 0 Å². The number of carboxylic acid groups (broad SMARTS) is 1. The fourth-order valence-electron chi connectivity index (χ4n) is 2.37. The van der Waals surface area contributed by atoms with E-state index in [0.717, 1.165) is 6.42 Å². The number of thioether (sulfide) groups is 1. The lowest BCUT2D eigenvalue weighted by atomic mass is 10.1.